The van der Waals surface area contributed by atoms with E-state index >= 15 is 0 Å². The maximum atomic E-state index is 10.2. The molecule has 0 spiro atoms. The van der Waals surface area contributed by atoms with Gasteiger partial charge < -0.3 is 26.3 Å². The Morgan fingerprint density at radius 3 is 2.31 bits per heavy atom. The van der Waals surface area contributed by atoms with Gasteiger partial charge in [-0.2, -0.15) is 0 Å². The van der Waals surface area contributed by atoms with Gasteiger partial charge in [0.2, 0.25) is 0 Å². The molecule has 6 nitrogen and oxygen atoms in total. The second kappa shape index (κ2) is 9.24. The summed E-state index contributed by atoms with van der Waals surface area (Å²) in [7, 11) is 0. The van der Waals surface area contributed by atoms with E-state index < -0.39 is 6.03 Å². The zero-order valence-electron chi connectivity index (χ0n) is 7.62. The standard InChI is InChI=1S/C7H17N3O3/c8-1-3-12-5-6-13-4-2-10-7(9)11/h1-6,8H2,(H3,9,10,11). The van der Waals surface area contributed by atoms with Crippen LogP contribution in [0.2, 0.25) is 0 Å². The molecule has 78 valence electrons. The van der Waals surface area contributed by atoms with Crippen LogP contribution < -0.4 is 16.8 Å². The Kier molecular flexibility index (Phi) is 8.64. The number of hydrogen-bond acceptors (Lipinski definition) is 4. The number of rotatable bonds is 8. The van der Waals surface area contributed by atoms with E-state index in [4.69, 9.17) is 20.9 Å². The van der Waals surface area contributed by atoms with Crippen LogP contribution in [0.1, 0.15) is 0 Å². The van der Waals surface area contributed by atoms with E-state index in [1.807, 2.05) is 0 Å². The maximum absolute atomic E-state index is 10.2. The summed E-state index contributed by atoms with van der Waals surface area (Å²) in [5.74, 6) is 0. The molecule has 13 heavy (non-hydrogen) atoms. The molecule has 0 saturated heterocycles. The number of primary amides is 1. The normalized spacial score (nSPS) is 9.92. The van der Waals surface area contributed by atoms with Crippen molar-refractivity contribution in [3.8, 4) is 0 Å². The summed E-state index contributed by atoms with van der Waals surface area (Å²) in [6, 6.07) is -0.539. The van der Waals surface area contributed by atoms with Crippen LogP contribution in [0.15, 0.2) is 0 Å². The van der Waals surface area contributed by atoms with E-state index in [9.17, 15) is 4.79 Å². The molecule has 0 aromatic carbocycles. The van der Waals surface area contributed by atoms with E-state index in [1.54, 1.807) is 0 Å². The highest BCUT2D eigenvalue weighted by Crippen LogP contribution is 1.76. The molecule has 2 amide bonds. The van der Waals surface area contributed by atoms with Gasteiger partial charge in [0.1, 0.15) is 0 Å². The molecule has 0 atom stereocenters. The van der Waals surface area contributed by atoms with Gasteiger partial charge in [0.25, 0.3) is 0 Å². The lowest BCUT2D eigenvalue weighted by atomic mass is 10.6. The minimum absolute atomic E-state index is 0.423. The summed E-state index contributed by atoms with van der Waals surface area (Å²) < 4.78 is 10.1. The maximum Gasteiger partial charge on any atom is 0.312 e. The third-order valence-corrected chi connectivity index (χ3v) is 1.18. The fourth-order valence-electron chi connectivity index (χ4n) is 0.652. The summed E-state index contributed by atoms with van der Waals surface area (Å²) in [6.45, 7) is 2.95. The summed E-state index contributed by atoms with van der Waals surface area (Å²) in [5.41, 5.74) is 10.0. The minimum atomic E-state index is -0.539. The molecule has 0 aromatic rings. The molecule has 0 bridgehead atoms. The van der Waals surface area contributed by atoms with E-state index in [-0.39, 0.29) is 0 Å². The molecule has 0 saturated carbocycles. The van der Waals surface area contributed by atoms with Crippen molar-refractivity contribution < 1.29 is 14.3 Å². The molecular formula is C7H17N3O3. The number of urea groups is 1. The number of carbonyl (C=O) groups excluding carboxylic acids is 1. The van der Waals surface area contributed by atoms with Crippen LogP contribution in [-0.2, 0) is 9.47 Å². The van der Waals surface area contributed by atoms with E-state index in [0.29, 0.717) is 39.5 Å². The first-order valence-corrected chi connectivity index (χ1v) is 4.16. The Bertz CT molecular complexity index is 132. The second-order valence-electron chi connectivity index (χ2n) is 2.30. The number of ether oxygens (including phenoxy) is 2. The first kappa shape index (κ1) is 12.2. The van der Waals surface area contributed by atoms with Crippen molar-refractivity contribution >= 4 is 6.03 Å². The number of amides is 2. The number of carbonyl (C=O) groups is 1. The van der Waals surface area contributed by atoms with Crippen LogP contribution in [-0.4, -0.2) is 45.5 Å². The fourth-order valence-corrected chi connectivity index (χ4v) is 0.652. The molecule has 0 aromatic heterocycles. The van der Waals surface area contributed by atoms with Crippen molar-refractivity contribution in [2.75, 3.05) is 39.5 Å². The largest absolute Gasteiger partial charge is 0.378 e. The van der Waals surface area contributed by atoms with Crippen molar-refractivity contribution in [2.45, 2.75) is 0 Å². The molecule has 6 heteroatoms. The highest BCUT2D eigenvalue weighted by Gasteiger charge is 1.91. The fraction of sp³-hybridized carbons (Fsp3) is 0.857. The Balaban J connectivity index is 2.87. The molecular weight excluding hydrogens is 174 g/mol. The van der Waals surface area contributed by atoms with Crippen molar-refractivity contribution in [1.29, 1.82) is 0 Å². The van der Waals surface area contributed by atoms with Gasteiger partial charge in [-0.1, -0.05) is 0 Å². The third kappa shape index (κ3) is 11.1. The van der Waals surface area contributed by atoms with Gasteiger partial charge in [0, 0.05) is 13.1 Å². The van der Waals surface area contributed by atoms with Gasteiger partial charge >= 0.3 is 6.03 Å². The van der Waals surface area contributed by atoms with E-state index in [0.717, 1.165) is 0 Å². The molecule has 0 fully saturated rings. The Morgan fingerprint density at radius 1 is 1.15 bits per heavy atom. The number of nitrogens with two attached hydrogens (primary N) is 2. The molecule has 0 aliphatic rings. The van der Waals surface area contributed by atoms with Crippen LogP contribution in [0.5, 0.6) is 0 Å². The van der Waals surface area contributed by atoms with Gasteiger partial charge in [0.15, 0.2) is 0 Å². The first-order chi connectivity index (χ1) is 6.27. The average Bonchev–Trinajstić information content (AvgIpc) is 2.09. The van der Waals surface area contributed by atoms with Gasteiger partial charge in [-0.15, -0.1) is 0 Å². The predicted molar refractivity (Wildman–Crippen MR) is 48.3 cm³/mol. The lowest BCUT2D eigenvalue weighted by molar-refractivity contribution is 0.0525. The molecule has 5 N–H and O–H groups in total. The van der Waals surface area contributed by atoms with Crippen molar-refractivity contribution in [1.82, 2.24) is 5.32 Å². The quantitative estimate of drug-likeness (QED) is 0.413. The monoisotopic (exact) mass is 191 g/mol. The van der Waals surface area contributed by atoms with Crippen LogP contribution >= 0.6 is 0 Å². The lowest BCUT2D eigenvalue weighted by Gasteiger charge is -2.04. The molecule has 0 rings (SSSR count). The van der Waals surface area contributed by atoms with Crippen molar-refractivity contribution in [3.05, 3.63) is 0 Å². The van der Waals surface area contributed by atoms with Gasteiger partial charge in [-0.3, -0.25) is 0 Å². The average molecular weight is 191 g/mol. The van der Waals surface area contributed by atoms with Crippen LogP contribution in [0, 0.1) is 0 Å². The van der Waals surface area contributed by atoms with Crippen molar-refractivity contribution in [2.24, 2.45) is 11.5 Å². The third-order valence-electron chi connectivity index (χ3n) is 1.18. The van der Waals surface area contributed by atoms with E-state index in [2.05, 4.69) is 5.32 Å². The first-order valence-electron chi connectivity index (χ1n) is 4.16. The van der Waals surface area contributed by atoms with Crippen LogP contribution in [0.25, 0.3) is 0 Å². The minimum Gasteiger partial charge on any atom is -0.378 e. The van der Waals surface area contributed by atoms with Gasteiger partial charge in [-0.05, 0) is 0 Å². The summed E-state index contributed by atoms with van der Waals surface area (Å²) in [5, 5.41) is 2.40. The molecule has 0 radical (unpaired) electrons. The summed E-state index contributed by atoms with van der Waals surface area (Å²) >= 11 is 0. The number of hydrogen-bond donors (Lipinski definition) is 3. The zero-order chi connectivity index (χ0) is 9.94. The SMILES string of the molecule is NCCOCCOCCNC(N)=O. The van der Waals surface area contributed by atoms with Gasteiger partial charge in [-0.25, -0.2) is 4.79 Å². The highest BCUT2D eigenvalue weighted by molar-refractivity contribution is 5.71. The summed E-state index contributed by atoms with van der Waals surface area (Å²) in [6.07, 6.45) is 0. The molecule has 0 aliphatic heterocycles. The highest BCUT2D eigenvalue weighted by atomic mass is 16.5. The van der Waals surface area contributed by atoms with E-state index in [1.165, 1.54) is 0 Å². The molecule has 0 heterocycles. The predicted octanol–water partition coefficient (Wildman–Crippen LogP) is -1.35. The topological polar surface area (TPSA) is 99.6 Å². The van der Waals surface area contributed by atoms with Crippen molar-refractivity contribution in [3.63, 3.8) is 0 Å². The second-order valence-corrected chi connectivity index (χ2v) is 2.30. The molecule has 0 unspecified atom stereocenters. The number of nitrogens with one attached hydrogen (secondary N) is 1. The summed E-state index contributed by atoms with van der Waals surface area (Å²) in [4.78, 5) is 10.2. The van der Waals surface area contributed by atoms with Crippen LogP contribution in [0.3, 0.4) is 0 Å². The Labute approximate surface area is 77.5 Å². The Hall–Kier alpha value is -0.850. The zero-order valence-corrected chi connectivity index (χ0v) is 7.62. The smallest absolute Gasteiger partial charge is 0.312 e. The molecule has 0 aliphatic carbocycles. The van der Waals surface area contributed by atoms with Gasteiger partial charge in [0.05, 0.1) is 26.4 Å². The lowest BCUT2D eigenvalue weighted by Crippen LogP contribution is -2.32. The van der Waals surface area contributed by atoms with Crippen LogP contribution in [0.4, 0.5) is 4.79 Å². The Morgan fingerprint density at radius 2 is 1.77 bits per heavy atom.